The van der Waals surface area contributed by atoms with Crippen molar-refractivity contribution in [1.82, 2.24) is 9.55 Å². The summed E-state index contributed by atoms with van der Waals surface area (Å²) in [7, 11) is 0. The molecular formula is C16H11F3N2O. The lowest BCUT2D eigenvalue weighted by molar-refractivity contribution is 0.574. The van der Waals surface area contributed by atoms with E-state index >= 15 is 0 Å². The zero-order chi connectivity index (χ0) is 15.9. The van der Waals surface area contributed by atoms with Crippen LogP contribution in [0.4, 0.5) is 13.2 Å². The van der Waals surface area contributed by atoms with Crippen LogP contribution in [0, 0.1) is 17.5 Å². The van der Waals surface area contributed by atoms with Crippen LogP contribution in [-0.2, 0) is 6.42 Å². The molecule has 2 aromatic carbocycles. The van der Waals surface area contributed by atoms with Crippen LogP contribution in [0.15, 0.2) is 41.2 Å². The lowest BCUT2D eigenvalue weighted by atomic mass is 10.2. The van der Waals surface area contributed by atoms with Crippen molar-refractivity contribution < 1.29 is 13.2 Å². The Bertz CT molecular complexity index is 935. The highest BCUT2D eigenvalue weighted by molar-refractivity contribution is 5.78. The number of benzene rings is 2. The third-order valence-corrected chi connectivity index (χ3v) is 3.38. The second-order valence-corrected chi connectivity index (χ2v) is 4.75. The topological polar surface area (TPSA) is 34.9 Å². The van der Waals surface area contributed by atoms with E-state index in [1.807, 2.05) is 0 Å². The fourth-order valence-electron chi connectivity index (χ4n) is 2.38. The quantitative estimate of drug-likeness (QED) is 0.727. The number of fused-ring (bicyclic) bond motifs is 1. The Morgan fingerprint density at radius 1 is 1.09 bits per heavy atom. The van der Waals surface area contributed by atoms with Gasteiger partial charge in [-0.25, -0.2) is 18.2 Å². The molecule has 0 bridgehead atoms. The first-order valence-corrected chi connectivity index (χ1v) is 6.68. The predicted molar refractivity (Wildman–Crippen MR) is 76.6 cm³/mol. The Balaban J connectivity index is 2.45. The highest BCUT2D eigenvalue weighted by Crippen LogP contribution is 2.18. The Morgan fingerprint density at radius 3 is 2.55 bits per heavy atom. The average Bonchev–Trinajstić information content (AvgIpc) is 2.48. The highest BCUT2D eigenvalue weighted by atomic mass is 19.1. The maximum absolute atomic E-state index is 14.0. The minimum atomic E-state index is -0.908. The van der Waals surface area contributed by atoms with E-state index in [9.17, 15) is 18.0 Å². The molecule has 0 unspecified atom stereocenters. The van der Waals surface area contributed by atoms with E-state index in [2.05, 4.69) is 4.98 Å². The molecule has 3 rings (SSSR count). The van der Waals surface area contributed by atoms with Crippen LogP contribution in [0.5, 0.6) is 0 Å². The van der Waals surface area contributed by atoms with Gasteiger partial charge in [0.25, 0.3) is 5.56 Å². The molecule has 1 aromatic heterocycles. The van der Waals surface area contributed by atoms with Crippen molar-refractivity contribution in [3.63, 3.8) is 0 Å². The van der Waals surface area contributed by atoms with Crippen molar-refractivity contribution >= 4 is 10.9 Å². The van der Waals surface area contributed by atoms with Gasteiger partial charge in [-0.15, -0.1) is 0 Å². The van der Waals surface area contributed by atoms with Crippen molar-refractivity contribution in [3.8, 4) is 5.69 Å². The van der Waals surface area contributed by atoms with Gasteiger partial charge in [0.15, 0.2) is 0 Å². The molecule has 1 heterocycles. The van der Waals surface area contributed by atoms with Gasteiger partial charge in [-0.1, -0.05) is 13.0 Å². The van der Waals surface area contributed by atoms with Gasteiger partial charge in [0.2, 0.25) is 0 Å². The van der Waals surface area contributed by atoms with Crippen molar-refractivity contribution in [3.05, 3.63) is 70.0 Å². The van der Waals surface area contributed by atoms with Gasteiger partial charge in [-0.2, -0.15) is 0 Å². The molecule has 0 aliphatic carbocycles. The standard InChI is InChI=1S/C16H11F3N2O/c1-2-14-20-12-5-3-4-10(18)15(12)16(22)21(14)13-7-6-9(17)8-11(13)19/h3-8H,2H2,1H3. The second kappa shape index (κ2) is 5.29. The van der Waals surface area contributed by atoms with Crippen LogP contribution in [0.25, 0.3) is 16.6 Å². The fourth-order valence-corrected chi connectivity index (χ4v) is 2.38. The van der Waals surface area contributed by atoms with E-state index in [1.165, 1.54) is 12.1 Å². The highest BCUT2D eigenvalue weighted by Gasteiger charge is 2.17. The third kappa shape index (κ3) is 2.16. The lowest BCUT2D eigenvalue weighted by Gasteiger charge is -2.13. The summed E-state index contributed by atoms with van der Waals surface area (Å²) >= 11 is 0. The first-order valence-electron chi connectivity index (χ1n) is 6.68. The van der Waals surface area contributed by atoms with Crippen LogP contribution in [0.1, 0.15) is 12.7 Å². The summed E-state index contributed by atoms with van der Waals surface area (Å²) in [6, 6.07) is 6.96. The number of halogens is 3. The number of aryl methyl sites for hydroxylation is 1. The summed E-state index contributed by atoms with van der Waals surface area (Å²) in [4.78, 5) is 16.8. The van der Waals surface area contributed by atoms with E-state index in [4.69, 9.17) is 0 Å². The fraction of sp³-hybridized carbons (Fsp3) is 0.125. The Hall–Kier alpha value is -2.63. The molecule has 0 saturated carbocycles. The van der Waals surface area contributed by atoms with Gasteiger partial charge in [0.1, 0.15) is 28.7 Å². The van der Waals surface area contributed by atoms with Gasteiger partial charge in [0, 0.05) is 12.5 Å². The molecule has 3 aromatic rings. The van der Waals surface area contributed by atoms with E-state index in [-0.39, 0.29) is 22.4 Å². The summed E-state index contributed by atoms with van der Waals surface area (Å²) in [6.45, 7) is 1.74. The largest absolute Gasteiger partial charge is 0.269 e. The van der Waals surface area contributed by atoms with Crippen LogP contribution >= 0.6 is 0 Å². The van der Waals surface area contributed by atoms with Gasteiger partial charge in [0.05, 0.1) is 11.2 Å². The van der Waals surface area contributed by atoms with Gasteiger partial charge in [-0.05, 0) is 24.3 Å². The average molecular weight is 304 g/mol. The number of aromatic nitrogens is 2. The van der Waals surface area contributed by atoms with E-state index in [0.717, 1.165) is 22.8 Å². The number of hydrogen-bond donors (Lipinski definition) is 0. The number of hydrogen-bond acceptors (Lipinski definition) is 2. The normalized spacial score (nSPS) is 11.1. The van der Waals surface area contributed by atoms with Crippen LogP contribution in [-0.4, -0.2) is 9.55 Å². The van der Waals surface area contributed by atoms with Crippen LogP contribution in [0.2, 0.25) is 0 Å². The SMILES string of the molecule is CCc1nc2cccc(F)c2c(=O)n1-c1ccc(F)cc1F. The van der Waals surface area contributed by atoms with E-state index in [0.29, 0.717) is 12.5 Å². The molecule has 0 atom stereocenters. The molecule has 0 saturated heterocycles. The van der Waals surface area contributed by atoms with Gasteiger partial charge >= 0.3 is 0 Å². The number of rotatable bonds is 2. The van der Waals surface area contributed by atoms with Gasteiger partial charge in [-0.3, -0.25) is 9.36 Å². The van der Waals surface area contributed by atoms with Crippen LogP contribution < -0.4 is 5.56 Å². The zero-order valence-corrected chi connectivity index (χ0v) is 11.6. The summed E-state index contributed by atoms with van der Waals surface area (Å²) in [5.74, 6) is -2.12. The Kier molecular flexibility index (Phi) is 3.44. The number of nitrogens with zero attached hydrogens (tertiary/aromatic N) is 2. The zero-order valence-electron chi connectivity index (χ0n) is 11.6. The second-order valence-electron chi connectivity index (χ2n) is 4.75. The molecule has 3 nitrogen and oxygen atoms in total. The molecular weight excluding hydrogens is 293 g/mol. The molecule has 6 heteroatoms. The van der Waals surface area contributed by atoms with Crippen molar-refractivity contribution in [2.45, 2.75) is 13.3 Å². The molecule has 0 N–H and O–H groups in total. The van der Waals surface area contributed by atoms with E-state index in [1.54, 1.807) is 6.92 Å². The minimum absolute atomic E-state index is 0.152. The maximum atomic E-state index is 14.0. The lowest BCUT2D eigenvalue weighted by Crippen LogP contribution is -2.25. The van der Waals surface area contributed by atoms with Crippen LogP contribution in [0.3, 0.4) is 0 Å². The van der Waals surface area contributed by atoms with Crippen molar-refractivity contribution in [2.75, 3.05) is 0 Å². The summed E-state index contributed by atoms with van der Waals surface area (Å²) in [6.07, 6.45) is 0.332. The molecule has 0 aliphatic rings. The Morgan fingerprint density at radius 2 is 1.86 bits per heavy atom. The molecule has 22 heavy (non-hydrogen) atoms. The summed E-state index contributed by atoms with van der Waals surface area (Å²) in [5, 5.41) is -0.219. The molecule has 0 fully saturated rings. The van der Waals surface area contributed by atoms with Crippen molar-refractivity contribution in [1.29, 1.82) is 0 Å². The summed E-state index contributed by atoms with van der Waals surface area (Å²) in [5.41, 5.74) is -0.660. The minimum Gasteiger partial charge on any atom is -0.268 e. The molecule has 112 valence electrons. The predicted octanol–water partition coefficient (Wildman–Crippen LogP) is 3.37. The first-order chi connectivity index (χ1) is 10.5. The molecule has 0 radical (unpaired) electrons. The molecule has 0 aliphatic heterocycles. The van der Waals surface area contributed by atoms with Gasteiger partial charge < -0.3 is 0 Å². The molecule has 0 spiro atoms. The molecule has 0 amide bonds. The van der Waals surface area contributed by atoms with Crippen molar-refractivity contribution in [2.24, 2.45) is 0 Å². The monoisotopic (exact) mass is 304 g/mol. The summed E-state index contributed by atoms with van der Waals surface area (Å²) < 4.78 is 42.0. The first kappa shape index (κ1) is 14.3. The maximum Gasteiger partial charge on any atom is 0.269 e. The third-order valence-electron chi connectivity index (χ3n) is 3.38. The smallest absolute Gasteiger partial charge is 0.268 e. The van der Waals surface area contributed by atoms with E-state index < -0.39 is 23.0 Å². The Labute approximate surface area is 123 Å².